The summed E-state index contributed by atoms with van der Waals surface area (Å²) < 4.78 is 42.4. The maximum absolute atomic E-state index is 14.5. The quantitative estimate of drug-likeness (QED) is 0.342. The number of amides is 2. The summed E-state index contributed by atoms with van der Waals surface area (Å²) in [4.78, 5) is 34.0. The van der Waals surface area contributed by atoms with E-state index < -0.39 is 35.3 Å². The predicted octanol–water partition coefficient (Wildman–Crippen LogP) is 5.95. The van der Waals surface area contributed by atoms with Gasteiger partial charge >= 0.3 is 0 Å². The van der Waals surface area contributed by atoms with Gasteiger partial charge < -0.3 is 10.6 Å². The molecule has 180 valence electrons. The molecular weight excluding hydrogens is 516 g/mol. The molecule has 0 saturated heterocycles. The van der Waals surface area contributed by atoms with E-state index in [1.54, 1.807) is 0 Å². The van der Waals surface area contributed by atoms with Gasteiger partial charge in [0.25, 0.3) is 11.8 Å². The second-order valence-electron chi connectivity index (χ2n) is 7.86. The van der Waals surface area contributed by atoms with Crippen LogP contribution < -0.4 is 10.6 Å². The number of anilines is 1. The minimum atomic E-state index is -0.981. The van der Waals surface area contributed by atoms with Crippen LogP contribution in [0.5, 0.6) is 0 Å². The standard InChI is InChI=1S/C25H13Cl2F3N4O2/c26-12-5-11(6-14(29)7-12)24(35)33-20-9-19(15-3-4-31-10-18(15)30)32-23-21(20)22(34-25(23)36)16-8-13(28)1-2-17(16)27/h1-10,22H,(H,34,36)(H,32,33,35). The Balaban J connectivity index is 1.69. The minimum absolute atomic E-state index is 0.000849. The van der Waals surface area contributed by atoms with E-state index in [9.17, 15) is 22.8 Å². The van der Waals surface area contributed by atoms with Crippen molar-refractivity contribution < 1.29 is 22.8 Å². The molecule has 2 amide bonds. The molecule has 2 aromatic carbocycles. The Labute approximate surface area is 212 Å². The zero-order valence-electron chi connectivity index (χ0n) is 18.0. The lowest BCUT2D eigenvalue weighted by Crippen LogP contribution is -2.21. The van der Waals surface area contributed by atoms with Crippen molar-refractivity contribution >= 4 is 40.7 Å². The lowest BCUT2D eigenvalue weighted by molar-refractivity contribution is 0.0955. The number of hydrogen-bond acceptors (Lipinski definition) is 4. The second-order valence-corrected chi connectivity index (χ2v) is 8.70. The summed E-state index contributed by atoms with van der Waals surface area (Å²) >= 11 is 12.2. The Hall–Kier alpha value is -3.95. The first kappa shape index (κ1) is 23.8. The number of hydrogen-bond donors (Lipinski definition) is 2. The number of rotatable bonds is 4. The zero-order valence-corrected chi connectivity index (χ0v) is 19.5. The van der Waals surface area contributed by atoms with Gasteiger partial charge in [0.1, 0.15) is 17.3 Å². The number of nitrogens with zero attached hydrogens (tertiary/aromatic N) is 2. The fraction of sp³-hybridized carbons (Fsp3) is 0.0400. The summed E-state index contributed by atoms with van der Waals surface area (Å²) in [7, 11) is 0. The number of carbonyl (C=O) groups excluding carboxylic acids is 2. The molecule has 5 rings (SSSR count). The number of fused-ring (bicyclic) bond motifs is 1. The molecule has 4 aromatic rings. The van der Waals surface area contributed by atoms with Crippen molar-refractivity contribution in [3.8, 4) is 11.3 Å². The molecule has 36 heavy (non-hydrogen) atoms. The van der Waals surface area contributed by atoms with Gasteiger partial charge in [0, 0.05) is 38.5 Å². The smallest absolute Gasteiger partial charge is 0.271 e. The molecule has 3 heterocycles. The molecule has 1 atom stereocenters. The van der Waals surface area contributed by atoms with Crippen LogP contribution in [0.1, 0.15) is 38.0 Å². The zero-order chi connectivity index (χ0) is 25.6. The van der Waals surface area contributed by atoms with Gasteiger partial charge in [0.05, 0.1) is 23.6 Å². The number of carbonyl (C=O) groups is 2. The van der Waals surface area contributed by atoms with Gasteiger partial charge in [0.15, 0.2) is 5.82 Å². The van der Waals surface area contributed by atoms with Crippen LogP contribution >= 0.6 is 23.2 Å². The van der Waals surface area contributed by atoms with Gasteiger partial charge in [-0.2, -0.15) is 0 Å². The van der Waals surface area contributed by atoms with E-state index in [1.807, 2.05) is 0 Å². The molecule has 6 nitrogen and oxygen atoms in total. The predicted molar refractivity (Wildman–Crippen MR) is 128 cm³/mol. The molecule has 1 aliphatic heterocycles. The van der Waals surface area contributed by atoms with Crippen LogP contribution in [0.2, 0.25) is 10.0 Å². The topological polar surface area (TPSA) is 84.0 Å². The van der Waals surface area contributed by atoms with Gasteiger partial charge in [-0.15, -0.1) is 0 Å². The summed E-state index contributed by atoms with van der Waals surface area (Å²) in [6, 6.07) is 8.66. The summed E-state index contributed by atoms with van der Waals surface area (Å²) in [6.45, 7) is 0. The van der Waals surface area contributed by atoms with Crippen LogP contribution in [0.4, 0.5) is 18.9 Å². The Morgan fingerprint density at radius 2 is 1.81 bits per heavy atom. The first-order valence-corrected chi connectivity index (χ1v) is 11.1. The lowest BCUT2D eigenvalue weighted by Gasteiger charge is -2.18. The second kappa shape index (κ2) is 9.25. The van der Waals surface area contributed by atoms with Gasteiger partial charge in [-0.05, 0) is 48.5 Å². The van der Waals surface area contributed by atoms with Crippen LogP contribution in [0.15, 0.2) is 60.9 Å². The van der Waals surface area contributed by atoms with E-state index >= 15 is 0 Å². The Morgan fingerprint density at radius 1 is 1.00 bits per heavy atom. The van der Waals surface area contributed by atoms with E-state index in [4.69, 9.17) is 23.2 Å². The van der Waals surface area contributed by atoms with E-state index in [0.717, 1.165) is 30.5 Å². The third kappa shape index (κ3) is 4.38. The highest BCUT2D eigenvalue weighted by Crippen LogP contribution is 2.40. The van der Waals surface area contributed by atoms with Crippen LogP contribution in [0, 0.1) is 17.5 Å². The minimum Gasteiger partial charge on any atom is -0.340 e. The fourth-order valence-electron chi connectivity index (χ4n) is 3.96. The van der Waals surface area contributed by atoms with Gasteiger partial charge in [0.2, 0.25) is 0 Å². The number of halogens is 5. The molecule has 0 radical (unpaired) electrons. The molecule has 0 spiro atoms. The van der Waals surface area contributed by atoms with E-state index in [0.29, 0.717) is 0 Å². The molecule has 1 aliphatic rings. The summed E-state index contributed by atoms with van der Waals surface area (Å²) in [5.41, 5.74) is 0.292. The summed E-state index contributed by atoms with van der Waals surface area (Å²) in [5, 5.41) is 5.46. The van der Waals surface area contributed by atoms with Gasteiger partial charge in [-0.1, -0.05) is 23.2 Å². The van der Waals surface area contributed by atoms with E-state index in [1.165, 1.54) is 30.5 Å². The number of benzene rings is 2. The van der Waals surface area contributed by atoms with Crippen molar-refractivity contribution in [1.29, 1.82) is 0 Å². The van der Waals surface area contributed by atoms with Crippen molar-refractivity contribution in [3.63, 3.8) is 0 Å². The molecule has 1 unspecified atom stereocenters. The molecule has 0 saturated carbocycles. The molecule has 0 bridgehead atoms. The maximum atomic E-state index is 14.5. The first-order chi connectivity index (χ1) is 17.2. The normalized spacial score (nSPS) is 14.4. The van der Waals surface area contributed by atoms with Crippen LogP contribution in [-0.2, 0) is 0 Å². The summed E-state index contributed by atoms with van der Waals surface area (Å²) in [5.74, 6) is -3.43. The lowest BCUT2D eigenvalue weighted by atomic mass is 9.97. The third-order valence-electron chi connectivity index (χ3n) is 5.53. The van der Waals surface area contributed by atoms with Gasteiger partial charge in [-0.3, -0.25) is 14.6 Å². The average Bonchev–Trinajstić information content (AvgIpc) is 3.16. The summed E-state index contributed by atoms with van der Waals surface area (Å²) in [6.07, 6.45) is 2.32. The van der Waals surface area contributed by atoms with E-state index in [2.05, 4.69) is 20.6 Å². The van der Waals surface area contributed by atoms with Crippen molar-refractivity contribution in [1.82, 2.24) is 15.3 Å². The van der Waals surface area contributed by atoms with Crippen molar-refractivity contribution in [2.45, 2.75) is 6.04 Å². The highest BCUT2D eigenvalue weighted by atomic mass is 35.5. The van der Waals surface area contributed by atoms with Crippen molar-refractivity contribution in [2.75, 3.05) is 5.32 Å². The van der Waals surface area contributed by atoms with Crippen LogP contribution in [0.3, 0.4) is 0 Å². The monoisotopic (exact) mass is 528 g/mol. The molecule has 11 heteroatoms. The van der Waals surface area contributed by atoms with Crippen LogP contribution in [0.25, 0.3) is 11.3 Å². The Morgan fingerprint density at radius 3 is 2.56 bits per heavy atom. The molecule has 2 N–H and O–H groups in total. The molecular formula is C25H13Cl2F3N4O2. The fourth-order valence-corrected chi connectivity index (χ4v) is 4.41. The maximum Gasteiger partial charge on any atom is 0.271 e. The van der Waals surface area contributed by atoms with Gasteiger partial charge in [-0.25, -0.2) is 18.2 Å². The number of aromatic nitrogens is 2. The highest BCUT2D eigenvalue weighted by molar-refractivity contribution is 6.31. The molecule has 2 aromatic heterocycles. The SMILES string of the molecule is O=C(Nc1cc(-c2ccncc2F)nc2c1C(c1cc(F)ccc1Cl)NC2=O)c1cc(F)cc(Cl)c1. The number of pyridine rings is 2. The molecule has 0 aliphatic carbocycles. The number of nitrogens with one attached hydrogen (secondary N) is 2. The van der Waals surface area contributed by atoms with E-state index in [-0.39, 0.29) is 49.4 Å². The van der Waals surface area contributed by atoms with Crippen LogP contribution in [-0.4, -0.2) is 21.8 Å². The van der Waals surface area contributed by atoms with Crippen molar-refractivity contribution in [2.24, 2.45) is 0 Å². The third-order valence-corrected chi connectivity index (χ3v) is 6.09. The first-order valence-electron chi connectivity index (χ1n) is 10.4. The largest absolute Gasteiger partial charge is 0.340 e. The average molecular weight is 529 g/mol. The highest BCUT2D eigenvalue weighted by Gasteiger charge is 2.36. The van der Waals surface area contributed by atoms with Crippen molar-refractivity contribution in [3.05, 3.63) is 111 Å². The Bertz CT molecular complexity index is 1540. The Kier molecular flexibility index (Phi) is 6.11. The molecule has 0 fully saturated rings.